The molecule has 0 aromatic rings. The summed E-state index contributed by atoms with van der Waals surface area (Å²) in [5.74, 6) is 0.240. The third-order valence-electron chi connectivity index (χ3n) is 2.17. The second-order valence-corrected chi connectivity index (χ2v) is 3.38. The molecule has 0 spiro atoms. The van der Waals surface area contributed by atoms with Crippen LogP contribution in [0.1, 0.15) is 32.6 Å². The predicted octanol–water partition coefficient (Wildman–Crippen LogP) is 0.862. The second-order valence-electron chi connectivity index (χ2n) is 3.38. The van der Waals surface area contributed by atoms with E-state index in [1.165, 1.54) is 0 Å². The number of hydrogen-bond donors (Lipinski definition) is 1. The van der Waals surface area contributed by atoms with E-state index in [2.05, 4.69) is 0 Å². The molecule has 1 saturated heterocycles. The van der Waals surface area contributed by atoms with Crippen LogP contribution in [0.15, 0.2) is 0 Å². The third kappa shape index (κ3) is 2.57. The zero-order valence-corrected chi connectivity index (χ0v) is 7.58. The summed E-state index contributed by atoms with van der Waals surface area (Å²) in [6.45, 7) is 2.55. The van der Waals surface area contributed by atoms with Gasteiger partial charge in [0.1, 0.15) is 6.10 Å². The number of hydrogen-bond acceptors (Lipinski definition) is 3. The molecule has 0 bridgehead atoms. The molecule has 1 heterocycles. The number of ketones is 1. The molecule has 0 amide bonds. The molecule has 0 aromatic heterocycles. The monoisotopic (exact) mass is 171 g/mol. The van der Waals surface area contributed by atoms with Gasteiger partial charge in [0.2, 0.25) is 0 Å². The maximum Gasteiger partial charge on any atom is 0.161 e. The molecule has 1 fully saturated rings. The lowest BCUT2D eigenvalue weighted by atomic mass is 10.0. The zero-order chi connectivity index (χ0) is 8.97. The van der Waals surface area contributed by atoms with Gasteiger partial charge in [0, 0.05) is 12.5 Å². The summed E-state index contributed by atoms with van der Waals surface area (Å²) in [7, 11) is 0. The summed E-state index contributed by atoms with van der Waals surface area (Å²) < 4.78 is 5.33. The van der Waals surface area contributed by atoms with Gasteiger partial charge in [-0.1, -0.05) is 6.92 Å². The Morgan fingerprint density at radius 1 is 1.58 bits per heavy atom. The highest BCUT2D eigenvalue weighted by Gasteiger charge is 2.24. The van der Waals surface area contributed by atoms with Crippen LogP contribution in [-0.4, -0.2) is 24.5 Å². The van der Waals surface area contributed by atoms with Crippen LogP contribution in [0.25, 0.3) is 0 Å². The fourth-order valence-electron chi connectivity index (χ4n) is 1.43. The largest absolute Gasteiger partial charge is 0.369 e. The maximum absolute atomic E-state index is 11.3. The van der Waals surface area contributed by atoms with Gasteiger partial charge in [0.15, 0.2) is 5.78 Å². The van der Waals surface area contributed by atoms with Crippen LogP contribution < -0.4 is 5.73 Å². The van der Waals surface area contributed by atoms with E-state index in [1.54, 1.807) is 0 Å². The minimum atomic E-state index is -0.162. The lowest BCUT2D eigenvalue weighted by molar-refractivity contribution is -0.133. The average molecular weight is 171 g/mol. The molecule has 2 atom stereocenters. The summed E-state index contributed by atoms with van der Waals surface area (Å²) in [5.41, 5.74) is 5.63. The van der Waals surface area contributed by atoms with E-state index in [-0.39, 0.29) is 17.9 Å². The molecule has 0 saturated carbocycles. The SMILES string of the molecule is CCCC(=O)[C@@H]1CC[C@@H](N)CO1. The van der Waals surface area contributed by atoms with Gasteiger partial charge in [-0.25, -0.2) is 0 Å². The van der Waals surface area contributed by atoms with Gasteiger partial charge in [-0.3, -0.25) is 4.79 Å². The molecule has 2 N–H and O–H groups in total. The van der Waals surface area contributed by atoms with Gasteiger partial charge in [0.05, 0.1) is 6.61 Å². The van der Waals surface area contributed by atoms with Crippen LogP contribution >= 0.6 is 0 Å². The Morgan fingerprint density at radius 2 is 2.33 bits per heavy atom. The standard InChI is InChI=1S/C9H17NO2/c1-2-3-8(11)9-5-4-7(10)6-12-9/h7,9H,2-6,10H2,1H3/t7-,9+/m1/s1. The number of carbonyl (C=O) groups is 1. The smallest absolute Gasteiger partial charge is 0.161 e. The Kier molecular flexibility index (Phi) is 3.69. The third-order valence-corrected chi connectivity index (χ3v) is 2.17. The quantitative estimate of drug-likeness (QED) is 0.685. The van der Waals surface area contributed by atoms with Gasteiger partial charge >= 0.3 is 0 Å². The fraction of sp³-hybridized carbons (Fsp3) is 0.889. The molecule has 0 aliphatic carbocycles. The van der Waals surface area contributed by atoms with E-state index in [4.69, 9.17) is 10.5 Å². The van der Waals surface area contributed by atoms with Crippen LogP contribution in [0.5, 0.6) is 0 Å². The van der Waals surface area contributed by atoms with Crippen molar-refractivity contribution in [2.45, 2.75) is 44.8 Å². The molecule has 12 heavy (non-hydrogen) atoms. The summed E-state index contributed by atoms with van der Waals surface area (Å²) in [6.07, 6.45) is 3.11. The van der Waals surface area contributed by atoms with Crippen LogP contribution in [0, 0.1) is 0 Å². The topological polar surface area (TPSA) is 52.3 Å². The molecule has 3 nitrogen and oxygen atoms in total. The normalized spacial score (nSPS) is 30.2. The van der Waals surface area contributed by atoms with Gasteiger partial charge in [-0.2, -0.15) is 0 Å². The van der Waals surface area contributed by atoms with Crippen molar-refractivity contribution in [1.29, 1.82) is 0 Å². The van der Waals surface area contributed by atoms with E-state index in [0.29, 0.717) is 13.0 Å². The van der Waals surface area contributed by atoms with Crippen molar-refractivity contribution in [3.8, 4) is 0 Å². The first-order valence-corrected chi connectivity index (χ1v) is 4.64. The number of rotatable bonds is 3. The lowest BCUT2D eigenvalue weighted by Crippen LogP contribution is -2.38. The van der Waals surface area contributed by atoms with Gasteiger partial charge in [0.25, 0.3) is 0 Å². The highest BCUT2D eigenvalue weighted by atomic mass is 16.5. The van der Waals surface area contributed by atoms with Crippen molar-refractivity contribution in [1.82, 2.24) is 0 Å². The molecule has 1 aliphatic rings. The van der Waals surface area contributed by atoms with Crippen molar-refractivity contribution in [3.05, 3.63) is 0 Å². The van der Waals surface area contributed by atoms with Crippen molar-refractivity contribution >= 4 is 5.78 Å². The minimum absolute atomic E-state index is 0.135. The van der Waals surface area contributed by atoms with Crippen LogP contribution in [0.2, 0.25) is 0 Å². The first kappa shape index (κ1) is 9.68. The maximum atomic E-state index is 11.3. The number of ether oxygens (including phenoxy) is 1. The second kappa shape index (κ2) is 4.58. The van der Waals surface area contributed by atoms with Crippen molar-refractivity contribution < 1.29 is 9.53 Å². The Labute approximate surface area is 73.3 Å². The highest BCUT2D eigenvalue weighted by molar-refractivity contribution is 5.83. The first-order chi connectivity index (χ1) is 5.74. The molecular formula is C9H17NO2. The molecule has 1 aliphatic heterocycles. The summed E-state index contributed by atoms with van der Waals surface area (Å²) >= 11 is 0. The Bertz CT molecular complexity index is 151. The van der Waals surface area contributed by atoms with Gasteiger partial charge < -0.3 is 10.5 Å². The lowest BCUT2D eigenvalue weighted by Gasteiger charge is -2.25. The average Bonchev–Trinajstić information content (AvgIpc) is 2.06. The van der Waals surface area contributed by atoms with E-state index < -0.39 is 0 Å². The summed E-state index contributed by atoms with van der Waals surface area (Å²) in [6, 6.07) is 0.135. The number of carbonyl (C=O) groups excluding carboxylic acids is 1. The van der Waals surface area contributed by atoms with Crippen molar-refractivity contribution in [3.63, 3.8) is 0 Å². The molecule has 0 radical (unpaired) electrons. The predicted molar refractivity (Wildman–Crippen MR) is 46.9 cm³/mol. The Morgan fingerprint density at radius 3 is 2.83 bits per heavy atom. The van der Waals surface area contributed by atoms with Crippen molar-refractivity contribution in [2.75, 3.05) is 6.61 Å². The fourth-order valence-corrected chi connectivity index (χ4v) is 1.43. The number of nitrogens with two attached hydrogens (primary N) is 1. The molecular weight excluding hydrogens is 154 g/mol. The highest BCUT2D eigenvalue weighted by Crippen LogP contribution is 2.14. The molecule has 1 rings (SSSR count). The van der Waals surface area contributed by atoms with Gasteiger partial charge in [-0.05, 0) is 19.3 Å². The Hall–Kier alpha value is -0.410. The van der Waals surface area contributed by atoms with Crippen LogP contribution in [0.3, 0.4) is 0 Å². The molecule has 0 aromatic carbocycles. The molecule has 70 valence electrons. The molecule has 0 unspecified atom stereocenters. The summed E-state index contributed by atoms with van der Waals surface area (Å²) in [5, 5.41) is 0. The van der Waals surface area contributed by atoms with E-state index in [0.717, 1.165) is 19.3 Å². The number of Topliss-reactive ketones (excluding diaryl/α,β-unsaturated/α-hetero) is 1. The van der Waals surface area contributed by atoms with Crippen LogP contribution in [0.4, 0.5) is 0 Å². The van der Waals surface area contributed by atoms with Crippen LogP contribution in [-0.2, 0) is 9.53 Å². The first-order valence-electron chi connectivity index (χ1n) is 4.64. The van der Waals surface area contributed by atoms with Gasteiger partial charge in [-0.15, -0.1) is 0 Å². The van der Waals surface area contributed by atoms with E-state index in [9.17, 15) is 4.79 Å². The minimum Gasteiger partial charge on any atom is -0.369 e. The van der Waals surface area contributed by atoms with E-state index in [1.807, 2.05) is 6.92 Å². The van der Waals surface area contributed by atoms with E-state index >= 15 is 0 Å². The Balaban J connectivity index is 2.29. The van der Waals surface area contributed by atoms with Crippen molar-refractivity contribution in [2.24, 2.45) is 5.73 Å². The molecule has 3 heteroatoms. The zero-order valence-electron chi connectivity index (χ0n) is 7.58. The summed E-state index contributed by atoms with van der Waals surface area (Å²) in [4.78, 5) is 11.3.